The van der Waals surface area contributed by atoms with Crippen molar-refractivity contribution in [3.8, 4) is 0 Å². The molecular weight excluding hydrogens is 262 g/mol. The Morgan fingerprint density at radius 1 is 1.05 bits per heavy atom. The van der Waals surface area contributed by atoms with Crippen LogP contribution in [0.3, 0.4) is 0 Å². The highest BCUT2D eigenvalue weighted by molar-refractivity contribution is 6.04. The second-order valence-electron chi connectivity index (χ2n) is 5.13. The first-order valence-electron chi connectivity index (χ1n) is 7.05. The number of aryl methyl sites for hydroxylation is 1. The predicted molar refractivity (Wildman–Crippen MR) is 84.2 cm³/mol. The maximum absolute atomic E-state index is 12.1. The molecule has 2 aromatic rings. The van der Waals surface area contributed by atoms with Crippen LogP contribution in [0.4, 0.5) is 5.69 Å². The largest absolute Gasteiger partial charge is 0.399 e. The number of anilines is 1. The molecule has 1 aliphatic rings. The van der Waals surface area contributed by atoms with Gasteiger partial charge in [0.05, 0.1) is 5.71 Å². The molecule has 0 heterocycles. The Kier molecular flexibility index (Phi) is 3.69. The Morgan fingerprint density at radius 3 is 2.62 bits per heavy atom. The average Bonchev–Trinajstić information content (AvgIpc) is 2.53. The van der Waals surface area contributed by atoms with Crippen molar-refractivity contribution < 1.29 is 4.79 Å². The summed E-state index contributed by atoms with van der Waals surface area (Å²) in [6, 6.07) is 15.0. The highest BCUT2D eigenvalue weighted by Crippen LogP contribution is 2.21. The molecule has 0 saturated carbocycles. The first-order valence-corrected chi connectivity index (χ1v) is 7.05. The lowest BCUT2D eigenvalue weighted by atomic mass is 9.90. The molecule has 4 heteroatoms. The van der Waals surface area contributed by atoms with E-state index in [2.05, 4.69) is 22.7 Å². The summed E-state index contributed by atoms with van der Waals surface area (Å²) in [6.45, 7) is 0. The number of nitrogens with one attached hydrogen (secondary N) is 1. The fourth-order valence-electron chi connectivity index (χ4n) is 2.53. The number of amides is 1. The molecule has 0 aromatic heterocycles. The van der Waals surface area contributed by atoms with E-state index in [0.717, 1.165) is 30.5 Å². The van der Waals surface area contributed by atoms with Crippen LogP contribution in [0.5, 0.6) is 0 Å². The molecule has 4 nitrogen and oxygen atoms in total. The highest BCUT2D eigenvalue weighted by atomic mass is 16.2. The number of hydrogen-bond acceptors (Lipinski definition) is 3. The van der Waals surface area contributed by atoms with Gasteiger partial charge in [0.15, 0.2) is 0 Å². The fraction of sp³-hybridized carbons (Fsp3) is 0.176. The first-order chi connectivity index (χ1) is 10.2. The van der Waals surface area contributed by atoms with Gasteiger partial charge in [-0.3, -0.25) is 4.79 Å². The number of hydrazone groups is 1. The normalized spacial score (nSPS) is 15.5. The van der Waals surface area contributed by atoms with Crippen molar-refractivity contribution in [3.05, 3.63) is 65.2 Å². The van der Waals surface area contributed by atoms with Crippen molar-refractivity contribution in [3.63, 3.8) is 0 Å². The molecule has 0 aliphatic heterocycles. The number of nitrogen functional groups attached to an aromatic ring is 1. The lowest BCUT2D eigenvalue weighted by molar-refractivity contribution is 0.0955. The Labute approximate surface area is 123 Å². The predicted octanol–water partition coefficient (Wildman–Crippen LogP) is 2.74. The number of nitrogens with zero attached hydrogens (tertiary/aromatic N) is 1. The zero-order chi connectivity index (χ0) is 14.7. The molecule has 3 N–H and O–H groups in total. The van der Waals surface area contributed by atoms with Crippen molar-refractivity contribution in [1.29, 1.82) is 0 Å². The highest BCUT2D eigenvalue weighted by Gasteiger charge is 2.15. The molecule has 106 valence electrons. The third kappa shape index (κ3) is 2.94. The van der Waals surface area contributed by atoms with Crippen molar-refractivity contribution >= 4 is 17.3 Å². The molecule has 1 amide bonds. The van der Waals surface area contributed by atoms with Gasteiger partial charge in [0.1, 0.15) is 0 Å². The summed E-state index contributed by atoms with van der Waals surface area (Å²) < 4.78 is 0. The fourth-order valence-corrected chi connectivity index (χ4v) is 2.53. The van der Waals surface area contributed by atoms with Crippen LogP contribution in [0, 0.1) is 0 Å². The van der Waals surface area contributed by atoms with E-state index >= 15 is 0 Å². The number of rotatable bonds is 2. The molecule has 0 saturated heterocycles. The van der Waals surface area contributed by atoms with E-state index in [1.54, 1.807) is 24.3 Å². The molecule has 0 radical (unpaired) electrons. The van der Waals surface area contributed by atoms with Crippen LogP contribution in [0.15, 0.2) is 53.6 Å². The number of hydrogen-bond donors (Lipinski definition) is 2. The van der Waals surface area contributed by atoms with Gasteiger partial charge in [-0.2, -0.15) is 5.10 Å². The maximum Gasteiger partial charge on any atom is 0.271 e. The van der Waals surface area contributed by atoms with Crippen LogP contribution in [0.1, 0.15) is 34.3 Å². The molecule has 0 unspecified atom stereocenters. The van der Waals surface area contributed by atoms with Crippen LogP contribution in [0.25, 0.3) is 0 Å². The third-order valence-electron chi connectivity index (χ3n) is 3.65. The number of carbonyl (C=O) groups is 1. The zero-order valence-corrected chi connectivity index (χ0v) is 11.7. The number of benzene rings is 2. The van der Waals surface area contributed by atoms with Crippen molar-refractivity contribution in [2.45, 2.75) is 19.3 Å². The summed E-state index contributed by atoms with van der Waals surface area (Å²) in [5.41, 5.74) is 12.8. The monoisotopic (exact) mass is 279 g/mol. The Hall–Kier alpha value is -2.62. The van der Waals surface area contributed by atoms with Gasteiger partial charge in [0, 0.05) is 16.8 Å². The third-order valence-corrected chi connectivity index (χ3v) is 3.65. The molecule has 3 rings (SSSR count). The van der Waals surface area contributed by atoms with Crippen molar-refractivity contribution in [1.82, 2.24) is 5.43 Å². The summed E-state index contributed by atoms with van der Waals surface area (Å²) in [7, 11) is 0. The maximum atomic E-state index is 12.1. The van der Waals surface area contributed by atoms with Crippen LogP contribution >= 0.6 is 0 Å². The summed E-state index contributed by atoms with van der Waals surface area (Å²) >= 11 is 0. The topological polar surface area (TPSA) is 67.5 Å². The quantitative estimate of drug-likeness (QED) is 0.655. The van der Waals surface area contributed by atoms with E-state index in [1.165, 1.54) is 5.56 Å². The molecule has 1 aliphatic carbocycles. The van der Waals surface area contributed by atoms with Gasteiger partial charge >= 0.3 is 0 Å². The molecule has 2 aromatic carbocycles. The molecule has 0 fully saturated rings. The molecule has 0 spiro atoms. The van der Waals surface area contributed by atoms with Crippen LogP contribution in [0.2, 0.25) is 0 Å². The van der Waals surface area contributed by atoms with Gasteiger partial charge in [-0.15, -0.1) is 0 Å². The lowest BCUT2D eigenvalue weighted by Crippen LogP contribution is -2.22. The first kappa shape index (κ1) is 13.4. The van der Waals surface area contributed by atoms with Crippen LogP contribution < -0.4 is 11.2 Å². The van der Waals surface area contributed by atoms with E-state index < -0.39 is 0 Å². The number of carbonyl (C=O) groups excluding carboxylic acids is 1. The second kappa shape index (κ2) is 5.79. The minimum Gasteiger partial charge on any atom is -0.399 e. The minimum absolute atomic E-state index is 0.217. The minimum atomic E-state index is -0.217. The van der Waals surface area contributed by atoms with E-state index in [9.17, 15) is 4.79 Å². The van der Waals surface area contributed by atoms with Gasteiger partial charge in [0.2, 0.25) is 0 Å². The van der Waals surface area contributed by atoms with E-state index in [4.69, 9.17) is 5.73 Å². The Balaban J connectivity index is 1.78. The Morgan fingerprint density at radius 2 is 1.81 bits per heavy atom. The van der Waals surface area contributed by atoms with Crippen LogP contribution in [-0.4, -0.2) is 11.6 Å². The van der Waals surface area contributed by atoms with E-state index in [-0.39, 0.29) is 5.91 Å². The lowest BCUT2D eigenvalue weighted by Gasteiger charge is -2.17. The van der Waals surface area contributed by atoms with Gasteiger partial charge in [-0.25, -0.2) is 5.43 Å². The summed E-state index contributed by atoms with van der Waals surface area (Å²) in [5.74, 6) is -0.217. The van der Waals surface area contributed by atoms with Gasteiger partial charge in [-0.05, 0) is 49.1 Å². The number of nitrogens with two attached hydrogens (primary N) is 1. The smallest absolute Gasteiger partial charge is 0.271 e. The van der Waals surface area contributed by atoms with E-state index in [0.29, 0.717) is 11.3 Å². The number of fused-ring (bicyclic) bond motifs is 1. The van der Waals surface area contributed by atoms with Gasteiger partial charge < -0.3 is 5.73 Å². The van der Waals surface area contributed by atoms with E-state index in [1.807, 2.05) is 12.1 Å². The van der Waals surface area contributed by atoms with Gasteiger partial charge in [-0.1, -0.05) is 24.3 Å². The SMILES string of the molecule is Nc1ccc(C(=O)NN=C2CCCc3ccccc32)cc1. The molecule has 21 heavy (non-hydrogen) atoms. The Bertz CT molecular complexity index is 689. The van der Waals surface area contributed by atoms with Gasteiger partial charge in [0.25, 0.3) is 5.91 Å². The molecule has 0 atom stereocenters. The summed E-state index contributed by atoms with van der Waals surface area (Å²) in [4.78, 5) is 12.1. The standard InChI is InChI=1S/C17H17N3O/c18-14-10-8-13(9-11-14)17(21)20-19-16-7-3-5-12-4-1-2-6-15(12)16/h1-2,4,6,8-11H,3,5,7,18H2,(H,20,21). The zero-order valence-electron chi connectivity index (χ0n) is 11.7. The molecular formula is C17H17N3O. The molecule has 0 bridgehead atoms. The average molecular weight is 279 g/mol. The van der Waals surface area contributed by atoms with Crippen LogP contribution in [-0.2, 0) is 6.42 Å². The second-order valence-corrected chi connectivity index (χ2v) is 5.13. The summed E-state index contributed by atoms with van der Waals surface area (Å²) in [6.07, 6.45) is 3.02. The van der Waals surface area contributed by atoms with Crippen molar-refractivity contribution in [2.24, 2.45) is 5.10 Å². The van der Waals surface area contributed by atoms with Crippen molar-refractivity contribution in [2.75, 3.05) is 5.73 Å². The summed E-state index contributed by atoms with van der Waals surface area (Å²) in [5, 5.41) is 4.31.